The monoisotopic (exact) mass is 282 g/mol. The molecule has 102 valence electrons. The summed E-state index contributed by atoms with van der Waals surface area (Å²) in [6, 6.07) is 5.48. The zero-order valence-corrected chi connectivity index (χ0v) is 11.9. The quantitative estimate of drug-likeness (QED) is 0.411. The van der Waals surface area contributed by atoms with Gasteiger partial charge in [0.25, 0.3) is 10.1 Å². The van der Waals surface area contributed by atoms with Crippen LogP contribution in [-0.4, -0.2) is 47.0 Å². The maximum atomic E-state index is 11.8. The van der Waals surface area contributed by atoms with Gasteiger partial charge in [0, 0.05) is 0 Å². The van der Waals surface area contributed by atoms with Crippen molar-refractivity contribution in [2.45, 2.75) is 12.6 Å². The van der Waals surface area contributed by atoms with Crippen molar-refractivity contribution in [2.24, 2.45) is 0 Å². The SMILES string of the molecule is BCc1cc(CB)cc(C(=O)OCCS(=O)(=O)O)c1. The lowest BCUT2D eigenvalue weighted by Crippen LogP contribution is -2.15. The molecule has 0 aliphatic carbocycles. The Labute approximate surface area is 114 Å². The summed E-state index contributed by atoms with van der Waals surface area (Å²) < 4.78 is 34.4. The predicted molar refractivity (Wildman–Crippen MR) is 77.6 cm³/mol. The molecule has 1 aromatic carbocycles. The van der Waals surface area contributed by atoms with Crippen LogP contribution in [0.4, 0.5) is 0 Å². The molecular weight excluding hydrogens is 266 g/mol. The summed E-state index contributed by atoms with van der Waals surface area (Å²) in [7, 11) is -0.128. The average Bonchev–Trinajstić information content (AvgIpc) is 2.36. The molecule has 8 heteroatoms. The van der Waals surface area contributed by atoms with Crippen LogP contribution in [0.3, 0.4) is 0 Å². The molecule has 0 aromatic heterocycles. The summed E-state index contributed by atoms with van der Waals surface area (Å²) >= 11 is 0. The van der Waals surface area contributed by atoms with E-state index in [9.17, 15) is 13.2 Å². The van der Waals surface area contributed by atoms with Crippen molar-refractivity contribution in [3.05, 3.63) is 34.9 Å². The van der Waals surface area contributed by atoms with Gasteiger partial charge >= 0.3 is 5.97 Å². The standard InChI is InChI=1S/C11H16B2O5S/c12-6-8-3-9(7-13)5-10(4-8)11(14)18-1-2-19(15,16)17/h3-5H,1-2,6-7,12-13H2,(H,15,16,17). The minimum absolute atomic E-state index is 0.352. The van der Waals surface area contributed by atoms with E-state index in [-0.39, 0.29) is 6.61 Å². The topological polar surface area (TPSA) is 80.7 Å². The normalized spacial score (nSPS) is 11.2. The number of rotatable bonds is 6. The van der Waals surface area contributed by atoms with E-state index in [1.165, 1.54) is 0 Å². The van der Waals surface area contributed by atoms with Gasteiger partial charge in [0.05, 0.1) is 5.56 Å². The molecule has 0 radical (unpaired) electrons. The number of carbonyl (C=O) groups is 1. The molecule has 0 heterocycles. The molecule has 5 nitrogen and oxygen atoms in total. The molecule has 0 saturated heterocycles. The summed E-state index contributed by atoms with van der Waals surface area (Å²) in [5.41, 5.74) is 2.47. The number of benzene rings is 1. The molecule has 1 aromatic rings. The lowest BCUT2D eigenvalue weighted by molar-refractivity contribution is 0.0528. The van der Waals surface area contributed by atoms with Crippen LogP contribution in [0.15, 0.2) is 18.2 Å². The largest absolute Gasteiger partial charge is 0.461 e. The highest BCUT2D eigenvalue weighted by Crippen LogP contribution is 2.12. The van der Waals surface area contributed by atoms with Gasteiger partial charge in [0.2, 0.25) is 0 Å². The van der Waals surface area contributed by atoms with E-state index in [0.29, 0.717) is 5.56 Å². The summed E-state index contributed by atoms with van der Waals surface area (Å²) in [6.45, 7) is -0.352. The summed E-state index contributed by atoms with van der Waals surface area (Å²) in [5, 5.41) is 0. The van der Waals surface area contributed by atoms with Crippen LogP contribution in [0.2, 0.25) is 0 Å². The maximum Gasteiger partial charge on any atom is 0.338 e. The average molecular weight is 282 g/mol. The van der Waals surface area contributed by atoms with Crippen molar-refractivity contribution < 1.29 is 22.5 Å². The molecule has 0 spiro atoms. The molecule has 0 saturated carbocycles. The predicted octanol–water partition coefficient (Wildman–Crippen LogP) is -1.00. The minimum atomic E-state index is -4.10. The Morgan fingerprint density at radius 1 is 1.16 bits per heavy atom. The third-order valence-electron chi connectivity index (χ3n) is 2.68. The molecule has 1 N–H and O–H groups in total. The zero-order valence-electron chi connectivity index (χ0n) is 11.0. The van der Waals surface area contributed by atoms with Gasteiger partial charge in [-0.15, -0.1) is 0 Å². The van der Waals surface area contributed by atoms with Crippen LogP contribution in [-0.2, 0) is 27.5 Å². The molecule has 0 amide bonds. The zero-order chi connectivity index (χ0) is 14.5. The fraction of sp³-hybridized carbons (Fsp3) is 0.364. The van der Waals surface area contributed by atoms with E-state index < -0.39 is 21.8 Å². The highest BCUT2D eigenvalue weighted by Gasteiger charge is 2.11. The van der Waals surface area contributed by atoms with Crippen LogP contribution < -0.4 is 0 Å². The van der Waals surface area contributed by atoms with Gasteiger partial charge in [-0.05, 0) is 12.1 Å². The van der Waals surface area contributed by atoms with E-state index in [2.05, 4.69) is 0 Å². The van der Waals surface area contributed by atoms with Crippen molar-refractivity contribution >= 4 is 31.8 Å². The van der Waals surface area contributed by atoms with Crippen molar-refractivity contribution in [2.75, 3.05) is 12.4 Å². The van der Waals surface area contributed by atoms with E-state index >= 15 is 0 Å². The fourth-order valence-electron chi connectivity index (χ4n) is 1.61. The van der Waals surface area contributed by atoms with Gasteiger partial charge < -0.3 is 4.74 Å². The second-order valence-corrected chi connectivity index (χ2v) is 5.74. The Bertz CT molecular complexity index is 534. The number of ether oxygens (including phenoxy) is 1. The third kappa shape index (κ3) is 5.48. The molecule has 19 heavy (non-hydrogen) atoms. The summed E-state index contributed by atoms with van der Waals surface area (Å²) in [4.78, 5) is 11.8. The lowest BCUT2D eigenvalue weighted by Gasteiger charge is -2.08. The maximum absolute atomic E-state index is 11.8. The van der Waals surface area contributed by atoms with Crippen molar-refractivity contribution in [1.82, 2.24) is 0 Å². The third-order valence-corrected chi connectivity index (χ3v) is 3.36. The van der Waals surface area contributed by atoms with Gasteiger partial charge in [-0.1, -0.05) is 29.8 Å². The van der Waals surface area contributed by atoms with Crippen molar-refractivity contribution in [3.8, 4) is 0 Å². The molecule has 0 aliphatic rings. The first-order valence-corrected chi connectivity index (χ1v) is 7.71. The first kappa shape index (κ1) is 15.8. The van der Waals surface area contributed by atoms with Crippen molar-refractivity contribution in [3.63, 3.8) is 0 Å². The van der Waals surface area contributed by atoms with Crippen LogP contribution in [0.25, 0.3) is 0 Å². The smallest absolute Gasteiger partial charge is 0.338 e. The van der Waals surface area contributed by atoms with Gasteiger partial charge in [-0.2, -0.15) is 8.42 Å². The van der Waals surface area contributed by atoms with Crippen LogP contribution in [0.1, 0.15) is 21.5 Å². The van der Waals surface area contributed by atoms with Crippen LogP contribution in [0.5, 0.6) is 0 Å². The summed E-state index contributed by atoms with van der Waals surface area (Å²) in [6.07, 6.45) is 1.61. The van der Waals surface area contributed by atoms with E-state index in [1.54, 1.807) is 12.1 Å². The minimum Gasteiger partial charge on any atom is -0.461 e. The molecule has 0 bridgehead atoms. The Balaban J connectivity index is 2.76. The second kappa shape index (κ2) is 6.77. The van der Waals surface area contributed by atoms with Crippen LogP contribution >= 0.6 is 0 Å². The Hall–Kier alpha value is -1.27. The van der Waals surface area contributed by atoms with Crippen LogP contribution in [0, 0.1) is 0 Å². The number of esters is 1. The molecule has 0 atom stereocenters. The molecule has 1 rings (SSSR count). The molecular formula is C11H16B2O5S. The highest BCUT2D eigenvalue weighted by molar-refractivity contribution is 7.85. The first-order chi connectivity index (χ1) is 8.85. The van der Waals surface area contributed by atoms with E-state index in [0.717, 1.165) is 23.8 Å². The summed E-state index contributed by atoms with van der Waals surface area (Å²) in [5.74, 6) is -1.17. The molecule has 0 unspecified atom stereocenters. The van der Waals surface area contributed by atoms with Gasteiger partial charge in [0.15, 0.2) is 0 Å². The van der Waals surface area contributed by atoms with Gasteiger partial charge in [0.1, 0.15) is 28.1 Å². The van der Waals surface area contributed by atoms with Gasteiger partial charge in [-0.3, -0.25) is 4.55 Å². The van der Waals surface area contributed by atoms with E-state index in [1.807, 2.05) is 21.8 Å². The first-order valence-electron chi connectivity index (χ1n) is 6.10. The molecule has 0 aliphatic heterocycles. The van der Waals surface area contributed by atoms with E-state index in [4.69, 9.17) is 9.29 Å². The fourth-order valence-corrected chi connectivity index (χ4v) is 1.91. The lowest BCUT2D eigenvalue weighted by atomic mass is 9.89. The number of carbonyl (C=O) groups excluding carboxylic acids is 1. The van der Waals surface area contributed by atoms with Crippen molar-refractivity contribution in [1.29, 1.82) is 0 Å². The number of hydrogen-bond donors (Lipinski definition) is 1. The van der Waals surface area contributed by atoms with Gasteiger partial charge in [-0.25, -0.2) is 4.79 Å². The Kier molecular flexibility index (Phi) is 5.62. The Morgan fingerprint density at radius 3 is 2.11 bits per heavy atom. The molecule has 0 fully saturated rings. The second-order valence-electron chi connectivity index (χ2n) is 4.17. The highest BCUT2D eigenvalue weighted by atomic mass is 32.2. The Morgan fingerprint density at radius 2 is 1.68 bits per heavy atom. The number of hydrogen-bond acceptors (Lipinski definition) is 4.